The van der Waals surface area contributed by atoms with E-state index in [1.807, 2.05) is 18.2 Å². The molecule has 2 atom stereocenters. The maximum atomic E-state index is 13.0. The van der Waals surface area contributed by atoms with Gasteiger partial charge in [-0.2, -0.15) is 0 Å². The summed E-state index contributed by atoms with van der Waals surface area (Å²) >= 11 is 0. The molecule has 2 aromatic carbocycles. The average molecular weight is 393 g/mol. The molecule has 0 saturated carbocycles. The van der Waals surface area contributed by atoms with Crippen LogP contribution in [0, 0.1) is 19.3 Å². The topological polar surface area (TPSA) is 32.8 Å². The summed E-state index contributed by atoms with van der Waals surface area (Å²) in [5.41, 5.74) is 5.08. The molecule has 0 radical (unpaired) electrons. The Labute approximate surface area is 174 Å². The van der Waals surface area contributed by atoms with Gasteiger partial charge in [-0.05, 0) is 37.5 Å². The van der Waals surface area contributed by atoms with Crippen LogP contribution in [0.4, 0.5) is 0 Å². The fourth-order valence-corrected chi connectivity index (χ4v) is 4.82. The Balaban J connectivity index is 1.51. The molecule has 2 aromatic rings. The highest BCUT2D eigenvalue weighted by Crippen LogP contribution is 2.38. The predicted octanol–water partition coefficient (Wildman–Crippen LogP) is 4.12. The molecule has 0 bridgehead atoms. The predicted molar refractivity (Wildman–Crippen MR) is 116 cm³/mol. The van der Waals surface area contributed by atoms with Crippen LogP contribution in [0.25, 0.3) is 0 Å². The number of benzene rings is 2. The fraction of sp³-hybridized carbons (Fsp3) is 0.480. The standard InChI is InChI=1S/C25H32N2O2/c1-19-9-10-20(2)23(13-19)15-26-11-12-29-18-25(16-26)14-24(28)27(17-25)21(3)22-7-5-4-6-8-22/h4-10,13,21H,11-12,14-18H2,1-3H3/t21-,25+/m0/s1. The van der Waals surface area contributed by atoms with Crippen LogP contribution in [0.3, 0.4) is 0 Å². The first-order valence-electron chi connectivity index (χ1n) is 10.7. The number of likely N-dealkylation sites (tertiary alicyclic amines) is 1. The van der Waals surface area contributed by atoms with Crippen LogP contribution < -0.4 is 0 Å². The molecule has 4 heteroatoms. The monoisotopic (exact) mass is 392 g/mol. The number of nitrogens with zero attached hydrogens (tertiary/aromatic N) is 2. The number of aryl methyl sites for hydroxylation is 2. The van der Waals surface area contributed by atoms with Gasteiger partial charge in [0.05, 0.1) is 19.3 Å². The highest BCUT2D eigenvalue weighted by Gasteiger charge is 2.46. The molecule has 2 fully saturated rings. The molecule has 0 aliphatic carbocycles. The van der Waals surface area contributed by atoms with E-state index in [9.17, 15) is 4.79 Å². The first kappa shape index (κ1) is 20.1. The van der Waals surface area contributed by atoms with Crippen molar-refractivity contribution < 1.29 is 9.53 Å². The molecule has 1 amide bonds. The molecular formula is C25H32N2O2. The van der Waals surface area contributed by atoms with E-state index < -0.39 is 0 Å². The van der Waals surface area contributed by atoms with E-state index in [0.29, 0.717) is 13.0 Å². The van der Waals surface area contributed by atoms with Gasteiger partial charge in [0.25, 0.3) is 0 Å². The van der Waals surface area contributed by atoms with E-state index in [0.717, 1.165) is 32.8 Å². The van der Waals surface area contributed by atoms with Gasteiger partial charge in [-0.3, -0.25) is 9.69 Å². The Morgan fingerprint density at radius 1 is 1.10 bits per heavy atom. The lowest BCUT2D eigenvalue weighted by Gasteiger charge is -2.33. The minimum atomic E-state index is -0.117. The van der Waals surface area contributed by atoms with Gasteiger partial charge in [-0.15, -0.1) is 0 Å². The number of rotatable bonds is 4. The van der Waals surface area contributed by atoms with Crippen LogP contribution in [-0.4, -0.2) is 48.6 Å². The second kappa shape index (κ2) is 8.29. The summed E-state index contributed by atoms with van der Waals surface area (Å²) in [5.74, 6) is 0.249. The summed E-state index contributed by atoms with van der Waals surface area (Å²) in [7, 11) is 0. The molecule has 2 aliphatic rings. The van der Waals surface area contributed by atoms with Crippen molar-refractivity contribution >= 4 is 5.91 Å². The molecular weight excluding hydrogens is 360 g/mol. The third kappa shape index (κ3) is 4.39. The summed E-state index contributed by atoms with van der Waals surface area (Å²) < 4.78 is 6.02. The summed E-state index contributed by atoms with van der Waals surface area (Å²) in [6, 6.07) is 17.1. The Hall–Kier alpha value is -2.17. The summed E-state index contributed by atoms with van der Waals surface area (Å²) in [4.78, 5) is 17.5. The van der Waals surface area contributed by atoms with Crippen molar-refractivity contribution in [1.29, 1.82) is 0 Å². The molecule has 2 saturated heterocycles. The van der Waals surface area contributed by atoms with Gasteiger partial charge >= 0.3 is 0 Å². The number of hydrogen-bond donors (Lipinski definition) is 0. The van der Waals surface area contributed by atoms with E-state index in [-0.39, 0.29) is 17.4 Å². The van der Waals surface area contributed by atoms with E-state index in [4.69, 9.17) is 4.74 Å². The number of carbonyl (C=O) groups excluding carboxylic acids is 1. The third-order valence-corrected chi connectivity index (χ3v) is 6.52. The molecule has 4 rings (SSSR count). The second-order valence-electron chi connectivity index (χ2n) is 8.98. The van der Waals surface area contributed by atoms with Crippen LogP contribution in [0.2, 0.25) is 0 Å². The van der Waals surface area contributed by atoms with Crippen LogP contribution in [0.15, 0.2) is 48.5 Å². The van der Waals surface area contributed by atoms with Gasteiger partial charge in [-0.1, -0.05) is 54.1 Å². The molecule has 1 spiro atoms. The van der Waals surface area contributed by atoms with E-state index in [1.54, 1.807) is 0 Å². The van der Waals surface area contributed by atoms with E-state index >= 15 is 0 Å². The minimum Gasteiger partial charge on any atom is -0.379 e. The van der Waals surface area contributed by atoms with Crippen molar-refractivity contribution in [2.45, 2.75) is 39.8 Å². The third-order valence-electron chi connectivity index (χ3n) is 6.52. The zero-order valence-electron chi connectivity index (χ0n) is 17.9. The number of carbonyl (C=O) groups is 1. The zero-order valence-corrected chi connectivity index (χ0v) is 17.9. The minimum absolute atomic E-state index is 0.0961. The normalized spacial score (nSPS) is 24.1. The van der Waals surface area contributed by atoms with Crippen molar-refractivity contribution in [3.05, 3.63) is 70.8 Å². The van der Waals surface area contributed by atoms with Crippen molar-refractivity contribution in [3.63, 3.8) is 0 Å². The number of ether oxygens (including phenoxy) is 1. The molecule has 0 aromatic heterocycles. The molecule has 2 aliphatic heterocycles. The molecule has 4 nitrogen and oxygen atoms in total. The van der Waals surface area contributed by atoms with Gasteiger partial charge in [0, 0.05) is 38.0 Å². The maximum absolute atomic E-state index is 13.0. The van der Waals surface area contributed by atoms with Crippen molar-refractivity contribution in [2.75, 3.05) is 32.8 Å². The van der Waals surface area contributed by atoms with Gasteiger partial charge in [-0.25, -0.2) is 0 Å². The highest BCUT2D eigenvalue weighted by molar-refractivity contribution is 5.80. The lowest BCUT2D eigenvalue weighted by Crippen LogP contribution is -2.41. The Kier molecular flexibility index (Phi) is 5.75. The highest BCUT2D eigenvalue weighted by atomic mass is 16.5. The van der Waals surface area contributed by atoms with Crippen molar-refractivity contribution in [3.8, 4) is 0 Å². The smallest absolute Gasteiger partial charge is 0.223 e. The Morgan fingerprint density at radius 3 is 2.69 bits per heavy atom. The first-order chi connectivity index (χ1) is 14.0. The largest absolute Gasteiger partial charge is 0.379 e. The van der Waals surface area contributed by atoms with Gasteiger partial charge in [0.2, 0.25) is 5.91 Å². The lowest BCUT2D eigenvalue weighted by molar-refractivity contribution is -0.129. The maximum Gasteiger partial charge on any atom is 0.223 e. The lowest BCUT2D eigenvalue weighted by atomic mass is 9.87. The number of hydrogen-bond acceptors (Lipinski definition) is 3. The van der Waals surface area contributed by atoms with Crippen molar-refractivity contribution in [1.82, 2.24) is 9.80 Å². The van der Waals surface area contributed by atoms with Gasteiger partial charge < -0.3 is 9.64 Å². The van der Waals surface area contributed by atoms with Crippen LogP contribution >= 0.6 is 0 Å². The molecule has 0 N–H and O–H groups in total. The average Bonchev–Trinajstić information content (AvgIpc) is 2.90. The molecule has 0 unspecified atom stereocenters. The summed E-state index contributed by atoms with van der Waals surface area (Å²) in [6.45, 7) is 11.4. The van der Waals surface area contributed by atoms with E-state index in [2.05, 4.69) is 60.9 Å². The zero-order chi connectivity index (χ0) is 20.4. The van der Waals surface area contributed by atoms with Gasteiger partial charge in [0.1, 0.15) is 0 Å². The quantitative estimate of drug-likeness (QED) is 0.785. The van der Waals surface area contributed by atoms with Gasteiger partial charge in [0.15, 0.2) is 0 Å². The second-order valence-corrected chi connectivity index (χ2v) is 8.98. The van der Waals surface area contributed by atoms with Crippen LogP contribution in [-0.2, 0) is 16.1 Å². The number of amides is 1. The SMILES string of the molecule is Cc1ccc(C)c(CN2CCOC[C@]3(CC(=O)N([C@@H](C)c4ccccc4)C3)C2)c1. The fourth-order valence-electron chi connectivity index (χ4n) is 4.82. The van der Waals surface area contributed by atoms with Crippen LogP contribution in [0.1, 0.15) is 41.6 Å². The molecule has 29 heavy (non-hydrogen) atoms. The first-order valence-corrected chi connectivity index (χ1v) is 10.7. The Bertz CT molecular complexity index is 866. The van der Waals surface area contributed by atoms with Crippen molar-refractivity contribution in [2.24, 2.45) is 5.41 Å². The van der Waals surface area contributed by atoms with Crippen LogP contribution in [0.5, 0.6) is 0 Å². The molecule has 154 valence electrons. The van der Waals surface area contributed by atoms with E-state index in [1.165, 1.54) is 22.3 Å². The summed E-state index contributed by atoms with van der Waals surface area (Å²) in [6.07, 6.45) is 0.577. The Morgan fingerprint density at radius 2 is 1.90 bits per heavy atom. The molecule has 2 heterocycles. The summed E-state index contributed by atoms with van der Waals surface area (Å²) in [5, 5.41) is 0.